The van der Waals surface area contributed by atoms with Crippen LogP contribution in [0.2, 0.25) is 0 Å². The molecule has 0 bridgehead atoms. The van der Waals surface area contributed by atoms with Crippen LogP contribution in [-0.4, -0.2) is 23.8 Å². The Labute approximate surface area is 145 Å². The molecule has 1 saturated carbocycles. The fourth-order valence-electron chi connectivity index (χ4n) is 3.35. The maximum absolute atomic E-state index is 13.6. The molecule has 2 aromatic rings. The Kier molecular flexibility index (Phi) is 3.81. The standard InChI is InChI=1S/C18H19FN2O3S/c1-12-2-3-15(19)9-17(12)25(23,24)20-7-6-13-8-18(22)21(16-4-5-16)11-14(13)10-20/h2-3,8-9,11,16H,4-7,10H2,1H3. The molecular formula is C18H19FN2O3S. The van der Waals surface area contributed by atoms with Crippen LogP contribution in [0.15, 0.2) is 40.2 Å². The zero-order valence-corrected chi connectivity index (χ0v) is 14.7. The molecule has 132 valence electrons. The van der Waals surface area contributed by atoms with Gasteiger partial charge >= 0.3 is 0 Å². The molecule has 0 saturated heterocycles. The minimum absolute atomic E-state index is 0.00599. The van der Waals surface area contributed by atoms with Crippen molar-refractivity contribution in [1.29, 1.82) is 0 Å². The Hall–Kier alpha value is -1.99. The number of aromatic nitrogens is 1. The molecule has 5 nitrogen and oxygen atoms in total. The molecule has 1 aliphatic carbocycles. The Bertz CT molecular complexity index is 1010. The second-order valence-corrected chi connectivity index (χ2v) is 8.71. The molecule has 0 atom stereocenters. The first-order chi connectivity index (χ1) is 11.9. The van der Waals surface area contributed by atoms with Gasteiger partial charge in [-0.25, -0.2) is 12.8 Å². The highest BCUT2D eigenvalue weighted by Crippen LogP contribution is 2.34. The van der Waals surface area contributed by atoms with E-state index in [9.17, 15) is 17.6 Å². The van der Waals surface area contributed by atoms with Crippen LogP contribution in [0.3, 0.4) is 0 Å². The van der Waals surface area contributed by atoms with Gasteiger partial charge in [-0.1, -0.05) is 6.07 Å². The van der Waals surface area contributed by atoms with Crippen LogP contribution >= 0.6 is 0 Å². The molecule has 0 unspecified atom stereocenters. The van der Waals surface area contributed by atoms with Crippen molar-refractivity contribution in [3.63, 3.8) is 0 Å². The van der Waals surface area contributed by atoms with Crippen molar-refractivity contribution in [3.05, 3.63) is 63.3 Å². The lowest BCUT2D eigenvalue weighted by molar-refractivity contribution is 0.388. The van der Waals surface area contributed by atoms with Crippen LogP contribution in [0.4, 0.5) is 4.39 Å². The average molecular weight is 362 g/mol. The summed E-state index contributed by atoms with van der Waals surface area (Å²) < 4.78 is 42.6. The van der Waals surface area contributed by atoms with E-state index in [-0.39, 0.29) is 29.6 Å². The van der Waals surface area contributed by atoms with E-state index < -0.39 is 15.8 Å². The van der Waals surface area contributed by atoms with E-state index in [4.69, 9.17) is 0 Å². The first kappa shape index (κ1) is 16.5. The molecule has 0 spiro atoms. The first-order valence-electron chi connectivity index (χ1n) is 8.36. The number of hydrogen-bond donors (Lipinski definition) is 0. The zero-order chi connectivity index (χ0) is 17.8. The lowest BCUT2D eigenvalue weighted by Gasteiger charge is -2.29. The van der Waals surface area contributed by atoms with Crippen LogP contribution < -0.4 is 5.56 Å². The fraction of sp³-hybridized carbons (Fsp3) is 0.389. The highest BCUT2D eigenvalue weighted by atomic mass is 32.2. The van der Waals surface area contributed by atoms with Crippen LogP contribution in [0.25, 0.3) is 0 Å². The molecule has 1 aliphatic heterocycles. The lowest BCUT2D eigenvalue weighted by Crippen LogP contribution is -2.37. The van der Waals surface area contributed by atoms with Crippen molar-refractivity contribution in [3.8, 4) is 0 Å². The summed E-state index contributed by atoms with van der Waals surface area (Å²) in [5, 5.41) is 0. The maximum Gasteiger partial charge on any atom is 0.251 e. The second kappa shape index (κ2) is 5.78. The first-order valence-corrected chi connectivity index (χ1v) is 9.80. The number of halogens is 1. The summed E-state index contributed by atoms with van der Waals surface area (Å²) >= 11 is 0. The van der Waals surface area contributed by atoms with Gasteiger partial charge in [-0.05, 0) is 55.0 Å². The predicted molar refractivity (Wildman–Crippen MR) is 91.4 cm³/mol. The molecule has 0 radical (unpaired) electrons. The molecule has 25 heavy (non-hydrogen) atoms. The van der Waals surface area contributed by atoms with E-state index in [1.54, 1.807) is 23.8 Å². The van der Waals surface area contributed by atoms with E-state index in [1.807, 2.05) is 0 Å². The quantitative estimate of drug-likeness (QED) is 0.842. The van der Waals surface area contributed by atoms with E-state index in [1.165, 1.54) is 16.4 Å². The number of fused-ring (bicyclic) bond motifs is 1. The lowest BCUT2D eigenvalue weighted by atomic mass is 10.0. The molecular weight excluding hydrogens is 343 g/mol. The summed E-state index contributed by atoms with van der Waals surface area (Å²) in [6.07, 6.45) is 4.27. The third-order valence-corrected chi connectivity index (χ3v) is 6.93. The Balaban J connectivity index is 1.71. The SMILES string of the molecule is Cc1ccc(F)cc1S(=O)(=O)N1CCc2cc(=O)n(C3CC3)cc2C1. The monoisotopic (exact) mass is 362 g/mol. The third kappa shape index (κ3) is 2.91. The Morgan fingerprint density at radius 1 is 1.16 bits per heavy atom. The number of sulfonamides is 1. The largest absolute Gasteiger partial charge is 0.312 e. The van der Waals surface area contributed by atoms with Crippen molar-refractivity contribution >= 4 is 10.0 Å². The van der Waals surface area contributed by atoms with Crippen molar-refractivity contribution < 1.29 is 12.8 Å². The molecule has 1 fully saturated rings. The summed E-state index contributed by atoms with van der Waals surface area (Å²) in [7, 11) is -3.78. The molecule has 1 aromatic heterocycles. The van der Waals surface area contributed by atoms with Gasteiger partial charge in [-0.15, -0.1) is 0 Å². The number of benzene rings is 1. The third-order valence-electron chi connectivity index (χ3n) is 4.95. The molecule has 1 aromatic carbocycles. The number of hydrogen-bond acceptors (Lipinski definition) is 3. The average Bonchev–Trinajstić information content (AvgIpc) is 3.40. The van der Waals surface area contributed by atoms with Gasteiger partial charge in [-0.2, -0.15) is 4.31 Å². The molecule has 7 heteroatoms. The summed E-state index contributed by atoms with van der Waals surface area (Å²) in [6.45, 7) is 2.16. The highest BCUT2D eigenvalue weighted by Gasteiger charge is 2.31. The minimum atomic E-state index is -3.78. The van der Waals surface area contributed by atoms with Gasteiger partial charge in [0.25, 0.3) is 5.56 Å². The van der Waals surface area contributed by atoms with Gasteiger partial charge in [-0.3, -0.25) is 4.79 Å². The molecule has 2 heterocycles. The van der Waals surface area contributed by atoms with Gasteiger partial charge < -0.3 is 4.57 Å². The van der Waals surface area contributed by atoms with Crippen LogP contribution in [0.1, 0.15) is 35.6 Å². The summed E-state index contributed by atoms with van der Waals surface area (Å²) in [6, 6.07) is 5.69. The molecule has 0 N–H and O–H groups in total. The topological polar surface area (TPSA) is 59.4 Å². The highest BCUT2D eigenvalue weighted by molar-refractivity contribution is 7.89. The normalized spacial score (nSPS) is 18.2. The van der Waals surface area contributed by atoms with Crippen LogP contribution in [0, 0.1) is 12.7 Å². The zero-order valence-electron chi connectivity index (χ0n) is 13.9. The predicted octanol–water partition coefficient (Wildman–Crippen LogP) is 2.38. The summed E-state index contributed by atoms with van der Waals surface area (Å²) in [4.78, 5) is 12.2. The maximum atomic E-state index is 13.6. The molecule has 0 amide bonds. The molecule has 4 rings (SSSR count). The minimum Gasteiger partial charge on any atom is -0.312 e. The van der Waals surface area contributed by atoms with Crippen LogP contribution in [0.5, 0.6) is 0 Å². The summed E-state index contributed by atoms with van der Waals surface area (Å²) in [5.41, 5.74) is 2.27. The van der Waals surface area contributed by atoms with Gasteiger partial charge in [0.2, 0.25) is 10.0 Å². The number of nitrogens with zero attached hydrogens (tertiary/aromatic N) is 2. The Morgan fingerprint density at radius 2 is 1.92 bits per heavy atom. The summed E-state index contributed by atoms with van der Waals surface area (Å²) in [5.74, 6) is -0.566. The fourth-order valence-corrected chi connectivity index (χ4v) is 5.01. The number of rotatable bonds is 3. The van der Waals surface area contributed by atoms with Gasteiger partial charge in [0, 0.05) is 31.4 Å². The van der Waals surface area contributed by atoms with Crippen molar-refractivity contribution in [2.75, 3.05) is 6.54 Å². The van der Waals surface area contributed by atoms with Crippen molar-refractivity contribution in [2.24, 2.45) is 0 Å². The van der Waals surface area contributed by atoms with E-state index in [2.05, 4.69) is 0 Å². The Morgan fingerprint density at radius 3 is 2.64 bits per heavy atom. The van der Waals surface area contributed by atoms with Crippen molar-refractivity contribution in [2.45, 2.75) is 43.7 Å². The van der Waals surface area contributed by atoms with E-state index in [0.717, 1.165) is 30.0 Å². The van der Waals surface area contributed by atoms with Gasteiger partial charge in [0.1, 0.15) is 5.82 Å². The van der Waals surface area contributed by atoms with Gasteiger partial charge in [0.15, 0.2) is 0 Å². The van der Waals surface area contributed by atoms with Crippen LogP contribution in [-0.2, 0) is 23.0 Å². The van der Waals surface area contributed by atoms with E-state index >= 15 is 0 Å². The number of aryl methyl sites for hydroxylation is 1. The molecule has 2 aliphatic rings. The van der Waals surface area contributed by atoms with Crippen molar-refractivity contribution in [1.82, 2.24) is 8.87 Å². The van der Waals surface area contributed by atoms with Gasteiger partial charge in [0.05, 0.1) is 4.90 Å². The smallest absolute Gasteiger partial charge is 0.251 e. The van der Waals surface area contributed by atoms with E-state index in [0.29, 0.717) is 12.0 Å². The second-order valence-electron chi connectivity index (χ2n) is 6.80. The number of pyridine rings is 1.